The van der Waals surface area contributed by atoms with E-state index in [4.69, 9.17) is 9.47 Å². The van der Waals surface area contributed by atoms with Crippen LogP contribution >= 0.6 is 0 Å². The number of fused-ring (bicyclic) bond motifs is 1. The summed E-state index contributed by atoms with van der Waals surface area (Å²) >= 11 is 0. The van der Waals surface area contributed by atoms with Crippen LogP contribution in [0.3, 0.4) is 0 Å². The Hall–Kier alpha value is -3.45. The van der Waals surface area contributed by atoms with Crippen LogP contribution in [0.25, 0.3) is 0 Å². The lowest BCUT2D eigenvalue weighted by Gasteiger charge is -2.60. The van der Waals surface area contributed by atoms with Gasteiger partial charge < -0.3 is 14.4 Å². The lowest BCUT2D eigenvalue weighted by atomic mass is 9.54. The Bertz CT molecular complexity index is 1230. The van der Waals surface area contributed by atoms with E-state index in [1.165, 1.54) is 13.8 Å². The highest BCUT2D eigenvalue weighted by molar-refractivity contribution is 5.94. The third-order valence-electron chi connectivity index (χ3n) is 8.33. The highest BCUT2D eigenvalue weighted by atomic mass is 16.6. The molecule has 3 atom stereocenters. The normalized spacial score (nSPS) is 24.6. The summed E-state index contributed by atoms with van der Waals surface area (Å²) in [5.41, 5.74) is 0.255. The molecule has 7 nitrogen and oxygen atoms in total. The number of rotatable bonds is 9. The van der Waals surface area contributed by atoms with Crippen LogP contribution in [0, 0.1) is 5.92 Å². The van der Waals surface area contributed by atoms with E-state index in [1.807, 2.05) is 59.5 Å². The molecular weight excluding hydrogens is 504 g/mol. The molecule has 1 heterocycles. The molecule has 0 spiro atoms. The summed E-state index contributed by atoms with van der Waals surface area (Å²) in [5.74, 6) is 0.0578. The topological polar surface area (TPSA) is 76.2 Å². The van der Waals surface area contributed by atoms with Crippen LogP contribution in [0.2, 0.25) is 0 Å². The molecule has 0 aromatic heterocycles. The Morgan fingerprint density at radius 3 is 2.48 bits per heavy atom. The average molecular weight is 547 g/mol. The molecule has 4 rings (SSSR count). The number of ether oxygens (including phenoxy) is 2. The quantitative estimate of drug-likeness (QED) is 0.238. The second-order valence-corrected chi connectivity index (χ2v) is 11.7. The Balaban J connectivity index is 1.83. The van der Waals surface area contributed by atoms with Gasteiger partial charge >= 0.3 is 11.9 Å². The standard InChI is InChI=1S/C33H42N2O5/c1-6-18-34-19-17-32(28-13-10-14-30(20-28)39-25(4)36)21-29(15-16-33(32,23-34)40-26(5)37)35(22-24(2)3)31(38)27-11-8-7-9-12-27/h6-14,20,24,29H,1,15-19,21-23H2,2-5H3. The molecule has 2 aliphatic rings. The van der Waals surface area contributed by atoms with E-state index in [2.05, 4.69) is 25.3 Å². The van der Waals surface area contributed by atoms with E-state index >= 15 is 0 Å². The highest BCUT2D eigenvalue weighted by Crippen LogP contribution is 2.55. The number of hydrogen-bond acceptors (Lipinski definition) is 6. The number of nitrogens with zero attached hydrogens (tertiary/aromatic N) is 2. The van der Waals surface area contributed by atoms with Gasteiger partial charge in [0.25, 0.3) is 5.91 Å². The molecule has 1 aliphatic carbocycles. The summed E-state index contributed by atoms with van der Waals surface area (Å²) in [7, 11) is 0. The molecule has 7 heteroatoms. The fraction of sp³-hybridized carbons (Fsp3) is 0.485. The first kappa shape index (κ1) is 29.5. The molecule has 214 valence electrons. The summed E-state index contributed by atoms with van der Waals surface area (Å²) < 4.78 is 11.9. The number of carbonyl (C=O) groups excluding carboxylic acids is 3. The maximum atomic E-state index is 13.9. The van der Waals surface area contributed by atoms with Gasteiger partial charge in [0.15, 0.2) is 0 Å². The van der Waals surface area contributed by atoms with Gasteiger partial charge in [-0.15, -0.1) is 6.58 Å². The number of esters is 2. The van der Waals surface area contributed by atoms with Crippen LogP contribution in [0.1, 0.15) is 69.3 Å². The molecule has 1 saturated heterocycles. The van der Waals surface area contributed by atoms with Gasteiger partial charge in [-0.2, -0.15) is 0 Å². The minimum absolute atomic E-state index is 0.0205. The maximum absolute atomic E-state index is 13.9. The number of likely N-dealkylation sites (tertiary alicyclic amines) is 1. The highest BCUT2D eigenvalue weighted by Gasteiger charge is 2.61. The van der Waals surface area contributed by atoms with Gasteiger partial charge in [-0.3, -0.25) is 19.3 Å². The Morgan fingerprint density at radius 1 is 1.07 bits per heavy atom. The molecule has 0 bridgehead atoms. The molecule has 3 unspecified atom stereocenters. The largest absolute Gasteiger partial charge is 0.457 e. The summed E-state index contributed by atoms with van der Waals surface area (Å²) in [6.45, 7) is 13.7. The molecule has 0 N–H and O–H groups in total. The van der Waals surface area contributed by atoms with Crippen LogP contribution in [-0.2, 0) is 19.7 Å². The Kier molecular flexibility index (Phi) is 9.14. The maximum Gasteiger partial charge on any atom is 0.308 e. The summed E-state index contributed by atoms with van der Waals surface area (Å²) in [6, 6.07) is 17.0. The fourth-order valence-corrected chi connectivity index (χ4v) is 6.83. The zero-order valence-corrected chi connectivity index (χ0v) is 24.2. The van der Waals surface area contributed by atoms with Crippen molar-refractivity contribution in [2.75, 3.05) is 26.2 Å². The van der Waals surface area contributed by atoms with Crippen molar-refractivity contribution in [3.8, 4) is 5.75 Å². The number of piperidine rings is 1. The third-order valence-corrected chi connectivity index (χ3v) is 8.33. The van der Waals surface area contributed by atoms with E-state index < -0.39 is 11.0 Å². The molecule has 1 aliphatic heterocycles. The van der Waals surface area contributed by atoms with Crippen LogP contribution in [0.15, 0.2) is 67.3 Å². The summed E-state index contributed by atoms with van der Waals surface area (Å²) in [5, 5.41) is 0. The number of benzene rings is 2. The van der Waals surface area contributed by atoms with Crippen molar-refractivity contribution in [2.45, 2.75) is 70.4 Å². The van der Waals surface area contributed by atoms with Crippen LogP contribution in [-0.4, -0.2) is 65.5 Å². The smallest absolute Gasteiger partial charge is 0.308 e. The van der Waals surface area contributed by atoms with E-state index in [1.54, 1.807) is 6.07 Å². The Labute approximate surface area is 238 Å². The molecule has 2 fully saturated rings. The fourth-order valence-electron chi connectivity index (χ4n) is 6.83. The third kappa shape index (κ3) is 6.15. The van der Waals surface area contributed by atoms with Crippen molar-refractivity contribution in [3.63, 3.8) is 0 Å². The predicted molar refractivity (Wildman–Crippen MR) is 155 cm³/mol. The molecule has 0 radical (unpaired) electrons. The molecule has 2 aromatic carbocycles. The summed E-state index contributed by atoms with van der Waals surface area (Å²) in [6.07, 6.45) is 4.57. The SMILES string of the molecule is C=CCN1CCC2(c3cccc(OC(C)=O)c3)CC(N(CC(C)C)C(=O)c3ccccc3)CCC2(OC(C)=O)C1. The van der Waals surface area contributed by atoms with E-state index in [9.17, 15) is 14.4 Å². The van der Waals surface area contributed by atoms with E-state index in [-0.39, 0.29) is 29.8 Å². The van der Waals surface area contributed by atoms with Gasteiger partial charge in [0.05, 0.1) is 0 Å². The number of carbonyl (C=O) groups is 3. The monoisotopic (exact) mass is 546 g/mol. The minimum atomic E-state index is -0.801. The van der Waals surface area contributed by atoms with Crippen molar-refractivity contribution in [1.29, 1.82) is 0 Å². The van der Waals surface area contributed by atoms with Crippen molar-refractivity contribution >= 4 is 17.8 Å². The zero-order valence-electron chi connectivity index (χ0n) is 24.2. The minimum Gasteiger partial charge on any atom is -0.457 e. The lowest BCUT2D eigenvalue weighted by Crippen LogP contribution is -2.68. The molecular formula is C33H42N2O5. The number of amides is 1. The summed E-state index contributed by atoms with van der Waals surface area (Å²) in [4.78, 5) is 42.7. The number of hydrogen-bond donors (Lipinski definition) is 0. The average Bonchev–Trinajstić information content (AvgIpc) is 2.91. The molecule has 1 amide bonds. The molecule has 40 heavy (non-hydrogen) atoms. The lowest BCUT2D eigenvalue weighted by molar-refractivity contribution is -0.188. The van der Waals surface area contributed by atoms with Crippen LogP contribution < -0.4 is 4.74 Å². The van der Waals surface area contributed by atoms with Crippen molar-refractivity contribution in [2.24, 2.45) is 5.92 Å². The van der Waals surface area contributed by atoms with Gasteiger partial charge in [0, 0.05) is 50.5 Å². The van der Waals surface area contributed by atoms with Crippen LogP contribution in [0.4, 0.5) is 0 Å². The first-order valence-corrected chi connectivity index (χ1v) is 14.3. The van der Waals surface area contributed by atoms with Gasteiger partial charge in [0.2, 0.25) is 0 Å². The van der Waals surface area contributed by atoms with Gasteiger partial charge in [-0.1, -0.05) is 50.3 Å². The van der Waals surface area contributed by atoms with Crippen molar-refractivity contribution in [3.05, 3.63) is 78.4 Å². The van der Waals surface area contributed by atoms with E-state index in [0.29, 0.717) is 50.2 Å². The first-order valence-electron chi connectivity index (χ1n) is 14.3. The van der Waals surface area contributed by atoms with Gasteiger partial charge in [-0.05, 0) is 68.0 Å². The van der Waals surface area contributed by atoms with Gasteiger partial charge in [-0.25, -0.2) is 0 Å². The second kappa shape index (κ2) is 12.4. The Morgan fingerprint density at radius 2 is 1.82 bits per heavy atom. The van der Waals surface area contributed by atoms with Crippen LogP contribution in [0.5, 0.6) is 5.75 Å². The second-order valence-electron chi connectivity index (χ2n) is 11.7. The van der Waals surface area contributed by atoms with Crippen molar-refractivity contribution < 1.29 is 23.9 Å². The molecule has 2 aromatic rings. The van der Waals surface area contributed by atoms with Crippen molar-refractivity contribution in [1.82, 2.24) is 9.80 Å². The zero-order chi connectivity index (χ0) is 28.9. The van der Waals surface area contributed by atoms with E-state index in [0.717, 1.165) is 18.5 Å². The predicted octanol–water partition coefficient (Wildman–Crippen LogP) is 5.39. The molecule has 1 saturated carbocycles. The first-order chi connectivity index (χ1) is 19.1. The van der Waals surface area contributed by atoms with Gasteiger partial charge in [0.1, 0.15) is 11.4 Å².